The van der Waals surface area contributed by atoms with Gasteiger partial charge in [-0.2, -0.15) is 17.0 Å². The number of hydrogen-bond donors (Lipinski definition) is 0. The summed E-state index contributed by atoms with van der Waals surface area (Å²) in [5.41, 5.74) is 0. The van der Waals surface area contributed by atoms with Crippen molar-refractivity contribution in [2.24, 2.45) is 0 Å². The maximum atomic E-state index is 13.1. The highest BCUT2D eigenvalue weighted by atomic mass is 32.2. The van der Waals surface area contributed by atoms with E-state index in [9.17, 15) is 13.2 Å². The third-order valence-electron chi connectivity index (χ3n) is 6.62. The summed E-state index contributed by atoms with van der Waals surface area (Å²) in [5, 5.41) is 0. The van der Waals surface area contributed by atoms with E-state index in [4.69, 9.17) is 13.9 Å². The van der Waals surface area contributed by atoms with Crippen molar-refractivity contribution in [1.29, 1.82) is 0 Å². The van der Waals surface area contributed by atoms with Crippen LogP contribution in [0.25, 0.3) is 0 Å². The van der Waals surface area contributed by atoms with Crippen LogP contribution in [0.15, 0.2) is 40.8 Å². The second kappa shape index (κ2) is 10.8. The zero-order chi connectivity index (χ0) is 24.1. The fourth-order valence-corrected chi connectivity index (χ4v) is 6.13. The van der Waals surface area contributed by atoms with Crippen LogP contribution in [0, 0.1) is 0 Å². The predicted octanol–water partition coefficient (Wildman–Crippen LogP) is 3.13. The van der Waals surface area contributed by atoms with Crippen LogP contribution in [-0.2, 0) is 16.8 Å². The molecule has 10 heteroatoms. The number of carbonyl (C=O) groups excluding carboxylic acids is 1. The van der Waals surface area contributed by atoms with Crippen LogP contribution in [0.5, 0.6) is 11.5 Å². The average molecular weight is 492 g/mol. The van der Waals surface area contributed by atoms with E-state index in [0.717, 1.165) is 25.7 Å². The van der Waals surface area contributed by atoms with E-state index in [2.05, 4.69) is 0 Å². The van der Waals surface area contributed by atoms with Crippen LogP contribution in [0.2, 0.25) is 0 Å². The Bertz CT molecular complexity index is 1070. The Morgan fingerprint density at radius 1 is 1.03 bits per heavy atom. The molecule has 186 valence electrons. The number of methoxy groups -OCH3 is 1. The number of ether oxygens (including phenoxy) is 2. The van der Waals surface area contributed by atoms with Gasteiger partial charge in [0.2, 0.25) is 0 Å². The third kappa shape index (κ3) is 5.39. The van der Waals surface area contributed by atoms with Crippen LogP contribution in [0.4, 0.5) is 0 Å². The van der Waals surface area contributed by atoms with Crippen LogP contribution in [0.1, 0.15) is 48.4 Å². The predicted molar refractivity (Wildman–Crippen MR) is 127 cm³/mol. The lowest BCUT2D eigenvalue weighted by Crippen LogP contribution is -2.55. The molecule has 4 rings (SSSR count). The first kappa shape index (κ1) is 24.6. The van der Waals surface area contributed by atoms with Gasteiger partial charge in [-0.3, -0.25) is 4.79 Å². The molecular weight excluding hydrogens is 458 g/mol. The molecule has 1 saturated carbocycles. The molecular formula is C24H33N3O6S. The van der Waals surface area contributed by atoms with E-state index in [1.807, 2.05) is 12.1 Å². The molecule has 2 heterocycles. The smallest absolute Gasteiger partial charge is 0.289 e. The molecule has 0 radical (unpaired) electrons. The van der Waals surface area contributed by atoms with Crippen molar-refractivity contribution in [3.8, 4) is 11.5 Å². The maximum Gasteiger partial charge on any atom is 0.289 e. The second-order valence-electron chi connectivity index (χ2n) is 8.71. The van der Waals surface area contributed by atoms with Crippen molar-refractivity contribution < 1.29 is 27.1 Å². The summed E-state index contributed by atoms with van der Waals surface area (Å²) >= 11 is 0. The number of furan rings is 1. The van der Waals surface area contributed by atoms with Gasteiger partial charge in [0.1, 0.15) is 12.4 Å². The minimum atomic E-state index is -3.53. The third-order valence-corrected chi connectivity index (χ3v) is 8.66. The summed E-state index contributed by atoms with van der Waals surface area (Å²) in [7, 11) is -0.277. The Balaban J connectivity index is 1.31. The number of rotatable bonds is 8. The zero-order valence-electron chi connectivity index (χ0n) is 19.8. The zero-order valence-corrected chi connectivity index (χ0v) is 20.6. The van der Waals surface area contributed by atoms with Crippen LogP contribution in [-0.4, -0.2) is 74.2 Å². The van der Waals surface area contributed by atoms with E-state index in [1.54, 1.807) is 43.3 Å². The molecule has 0 bridgehead atoms. The quantitative estimate of drug-likeness (QED) is 0.563. The summed E-state index contributed by atoms with van der Waals surface area (Å²) in [6.45, 7) is 1.35. The van der Waals surface area contributed by atoms with Crippen molar-refractivity contribution in [2.75, 3.05) is 40.3 Å². The highest BCUT2D eigenvalue weighted by molar-refractivity contribution is 7.86. The van der Waals surface area contributed by atoms with E-state index in [-0.39, 0.29) is 37.4 Å². The molecule has 0 N–H and O–H groups in total. The number of para-hydroxylation sites is 2. The molecule has 0 spiro atoms. The molecule has 0 unspecified atom stereocenters. The number of piperazine rings is 1. The normalized spacial score (nSPS) is 18.3. The molecule has 1 aliphatic heterocycles. The van der Waals surface area contributed by atoms with Gasteiger partial charge in [-0.05, 0) is 37.1 Å². The minimum Gasteiger partial charge on any atom is -0.493 e. The van der Waals surface area contributed by atoms with Crippen LogP contribution in [0.3, 0.4) is 0 Å². The van der Waals surface area contributed by atoms with Crippen LogP contribution >= 0.6 is 0 Å². The lowest BCUT2D eigenvalue weighted by molar-refractivity contribution is 0.0657. The Labute approximate surface area is 201 Å². The van der Waals surface area contributed by atoms with Gasteiger partial charge in [-0.1, -0.05) is 31.4 Å². The molecule has 2 fully saturated rings. The SMILES string of the molecule is COc1ccccc1OCc1ccc(C(=O)N2CCN(S(=O)(=O)N(C)C3CCCCC3)CC2)o1. The van der Waals surface area contributed by atoms with Gasteiger partial charge in [0.25, 0.3) is 16.1 Å². The Kier molecular flexibility index (Phi) is 7.80. The van der Waals surface area contributed by atoms with Crippen molar-refractivity contribution >= 4 is 16.1 Å². The molecule has 1 saturated heterocycles. The maximum absolute atomic E-state index is 13.1. The van der Waals surface area contributed by atoms with E-state index < -0.39 is 10.2 Å². The first-order valence-corrected chi connectivity index (χ1v) is 13.2. The molecule has 34 heavy (non-hydrogen) atoms. The Morgan fingerprint density at radius 3 is 2.38 bits per heavy atom. The Hall–Kier alpha value is -2.56. The monoisotopic (exact) mass is 491 g/mol. The molecule has 1 amide bonds. The molecule has 1 aliphatic carbocycles. The van der Waals surface area contributed by atoms with E-state index in [0.29, 0.717) is 30.3 Å². The lowest BCUT2D eigenvalue weighted by Gasteiger charge is -2.38. The van der Waals surface area contributed by atoms with Crippen molar-refractivity contribution in [3.05, 3.63) is 47.9 Å². The van der Waals surface area contributed by atoms with Crippen molar-refractivity contribution in [3.63, 3.8) is 0 Å². The average Bonchev–Trinajstić information content (AvgIpc) is 3.36. The summed E-state index contributed by atoms with van der Waals surface area (Å²) in [6, 6.07) is 10.7. The fourth-order valence-electron chi connectivity index (χ4n) is 4.55. The van der Waals surface area contributed by atoms with E-state index >= 15 is 0 Å². The number of hydrogen-bond acceptors (Lipinski definition) is 6. The summed E-state index contributed by atoms with van der Waals surface area (Å²) in [6.07, 6.45) is 5.14. The molecule has 0 atom stereocenters. The van der Waals surface area contributed by atoms with Gasteiger partial charge in [-0.15, -0.1) is 0 Å². The van der Waals surface area contributed by atoms with Gasteiger partial charge >= 0.3 is 0 Å². The molecule has 1 aromatic carbocycles. The number of amides is 1. The van der Waals surface area contributed by atoms with Crippen molar-refractivity contribution in [1.82, 2.24) is 13.5 Å². The van der Waals surface area contributed by atoms with Gasteiger partial charge in [-0.25, -0.2) is 0 Å². The van der Waals surface area contributed by atoms with Gasteiger partial charge in [0, 0.05) is 39.3 Å². The molecule has 2 aromatic rings. The lowest BCUT2D eigenvalue weighted by atomic mass is 9.96. The van der Waals surface area contributed by atoms with Crippen LogP contribution < -0.4 is 9.47 Å². The van der Waals surface area contributed by atoms with Gasteiger partial charge in [0.15, 0.2) is 17.3 Å². The number of carbonyl (C=O) groups is 1. The van der Waals surface area contributed by atoms with Crippen molar-refractivity contribution in [2.45, 2.75) is 44.8 Å². The van der Waals surface area contributed by atoms with Gasteiger partial charge in [0.05, 0.1) is 7.11 Å². The second-order valence-corrected chi connectivity index (χ2v) is 10.7. The number of nitrogens with zero attached hydrogens (tertiary/aromatic N) is 3. The molecule has 2 aliphatic rings. The van der Waals surface area contributed by atoms with Gasteiger partial charge < -0.3 is 18.8 Å². The fraction of sp³-hybridized carbons (Fsp3) is 0.542. The molecule has 9 nitrogen and oxygen atoms in total. The minimum absolute atomic E-state index is 0.0676. The number of benzene rings is 1. The summed E-state index contributed by atoms with van der Waals surface area (Å²) in [5.74, 6) is 1.69. The topological polar surface area (TPSA) is 92.5 Å². The highest BCUT2D eigenvalue weighted by Crippen LogP contribution is 2.27. The van der Waals surface area contributed by atoms with E-state index in [1.165, 1.54) is 15.0 Å². The first-order chi connectivity index (χ1) is 16.4. The largest absolute Gasteiger partial charge is 0.493 e. The molecule has 1 aromatic heterocycles. The summed E-state index contributed by atoms with van der Waals surface area (Å²) in [4.78, 5) is 14.6. The summed E-state index contributed by atoms with van der Waals surface area (Å²) < 4.78 is 45.9. The highest BCUT2D eigenvalue weighted by Gasteiger charge is 2.35. The first-order valence-electron chi connectivity index (χ1n) is 11.8. The Morgan fingerprint density at radius 2 is 1.71 bits per heavy atom. The standard InChI is InChI=1S/C24H33N3O6S/c1-25(19-8-4-3-5-9-19)34(29,30)27-16-14-26(15-17-27)24(28)23-13-12-20(33-23)18-32-22-11-7-6-10-21(22)31-2/h6-7,10-13,19H,3-5,8-9,14-18H2,1-2H3.